The van der Waals surface area contributed by atoms with Crippen LogP contribution in [0, 0.1) is 5.82 Å². The van der Waals surface area contributed by atoms with Crippen molar-refractivity contribution in [2.45, 2.75) is 12.5 Å². The molecule has 2 aromatic carbocycles. The van der Waals surface area contributed by atoms with Gasteiger partial charge in [0.05, 0.1) is 11.7 Å². The molecular weight excluding hydrogens is 265 g/mol. The number of nitrogens with two attached hydrogens (primary N) is 1. The minimum Gasteiger partial charge on any atom is -0.271 e. The zero-order valence-corrected chi connectivity index (χ0v) is 11.5. The molecule has 4 heteroatoms. The summed E-state index contributed by atoms with van der Waals surface area (Å²) in [5.41, 5.74) is 4.12. The molecule has 0 aliphatic carbocycles. The molecule has 3 rings (SSSR count). The molecular formula is C17H16FN3. The Kier molecular flexibility index (Phi) is 3.90. The van der Waals surface area contributed by atoms with Gasteiger partial charge in [-0.1, -0.05) is 42.5 Å². The van der Waals surface area contributed by atoms with E-state index in [4.69, 9.17) is 5.84 Å². The number of fused-ring (bicyclic) bond motifs is 1. The van der Waals surface area contributed by atoms with Crippen molar-refractivity contribution in [2.75, 3.05) is 0 Å². The molecule has 0 bridgehead atoms. The van der Waals surface area contributed by atoms with Crippen LogP contribution in [0.5, 0.6) is 0 Å². The molecule has 1 heterocycles. The van der Waals surface area contributed by atoms with E-state index < -0.39 is 0 Å². The lowest BCUT2D eigenvalue weighted by atomic mass is 9.97. The van der Waals surface area contributed by atoms with Crippen LogP contribution in [0.4, 0.5) is 4.39 Å². The van der Waals surface area contributed by atoms with Gasteiger partial charge in [-0.3, -0.25) is 16.3 Å². The topological polar surface area (TPSA) is 50.9 Å². The standard InChI is InChI=1S/C17H16FN3/c18-15-9-4-10-20-17(15)16(21-19)11-13-7-3-6-12-5-1-2-8-14(12)13/h1-10,16,21H,11,19H2. The van der Waals surface area contributed by atoms with E-state index in [0.717, 1.165) is 16.3 Å². The third-order valence-electron chi connectivity index (χ3n) is 3.62. The molecule has 0 saturated heterocycles. The highest BCUT2D eigenvalue weighted by Gasteiger charge is 2.17. The van der Waals surface area contributed by atoms with E-state index in [1.807, 2.05) is 24.3 Å². The van der Waals surface area contributed by atoms with Gasteiger partial charge in [0.1, 0.15) is 5.82 Å². The van der Waals surface area contributed by atoms with Crippen LogP contribution in [-0.2, 0) is 6.42 Å². The summed E-state index contributed by atoms with van der Waals surface area (Å²) in [6.07, 6.45) is 2.15. The number of nitrogens with zero attached hydrogens (tertiary/aromatic N) is 1. The van der Waals surface area contributed by atoms with E-state index in [9.17, 15) is 4.39 Å². The molecule has 0 aliphatic heterocycles. The van der Waals surface area contributed by atoms with E-state index in [1.165, 1.54) is 6.07 Å². The van der Waals surface area contributed by atoms with Crippen LogP contribution in [0.3, 0.4) is 0 Å². The molecule has 3 aromatic rings. The largest absolute Gasteiger partial charge is 0.271 e. The Labute approximate surface area is 122 Å². The molecule has 1 unspecified atom stereocenters. The number of halogens is 1. The lowest BCUT2D eigenvalue weighted by molar-refractivity contribution is 0.495. The number of nitrogens with one attached hydrogen (secondary N) is 1. The van der Waals surface area contributed by atoms with Gasteiger partial charge in [-0.25, -0.2) is 4.39 Å². The summed E-state index contributed by atoms with van der Waals surface area (Å²) in [5, 5.41) is 2.31. The molecule has 0 saturated carbocycles. The molecule has 3 nitrogen and oxygen atoms in total. The van der Waals surface area contributed by atoms with Gasteiger partial charge in [0.15, 0.2) is 0 Å². The van der Waals surface area contributed by atoms with Gasteiger partial charge in [0.25, 0.3) is 0 Å². The zero-order valence-electron chi connectivity index (χ0n) is 11.5. The van der Waals surface area contributed by atoms with Gasteiger partial charge in [-0.15, -0.1) is 0 Å². The first-order valence-electron chi connectivity index (χ1n) is 6.83. The van der Waals surface area contributed by atoms with Crippen molar-refractivity contribution in [3.8, 4) is 0 Å². The molecule has 0 fully saturated rings. The smallest absolute Gasteiger partial charge is 0.146 e. The number of benzene rings is 2. The van der Waals surface area contributed by atoms with Crippen LogP contribution in [0.1, 0.15) is 17.3 Å². The van der Waals surface area contributed by atoms with Crippen LogP contribution in [0.2, 0.25) is 0 Å². The third kappa shape index (κ3) is 2.77. The quantitative estimate of drug-likeness (QED) is 0.570. The summed E-state index contributed by atoms with van der Waals surface area (Å²) in [6.45, 7) is 0. The Morgan fingerprint density at radius 3 is 2.67 bits per heavy atom. The summed E-state index contributed by atoms with van der Waals surface area (Å²) < 4.78 is 13.9. The van der Waals surface area contributed by atoms with Crippen LogP contribution in [0.25, 0.3) is 10.8 Å². The second-order valence-electron chi connectivity index (χ2n) is 4.93. The molecule has 0 amide bonds. The third-order valence-corrected chi connectivity index (χ3v) is 3.62. The molecule has 0 aliphatic rings. The lowest BCUT2D eigenvalue weighted by Gasteiger charge is -2.17. The van der Waals surface area contributed by atoms with Crippen LogP contribution in [-0.4, -0.2) is 4.98 Å². The van der Waals surface area contributed by atoms with Crippen molar-refractivity contribution >= 4 is 10.8 Å². The van der Waals surface area contributed by atoms with Crippen molar-refractivity contribution in [3.63, 3.8) is 0 Å². The van der Waals surface area contributed by atoms with E-state index in [0.29, 0.717) is 12.1 Å². The molecule has 0 radical (unpaired) electrons. The van der Waals surface area contributed by atoms with Crippen LogP contribution in [0.15, 0.2) is 60.8 Å². The fraction of sp³-hybridized carbons (Fsp3) is 0.118. The van der Waals surface area contributed by atoms with E-state index in [1.54, 1.807) is 12.3 Å². The van der Waals surface area contributed by atoms with Gasteiger partial charge in [0.2, 0.25) is 0 Å². The van der Waals surface area contributed by atoms with Crippen molar-refractivity contribution in [2.24, 2.45) is 5.84 Å². The Balaban J connectivity index is 1.98. The molecule has 1 atom stereocenters. The van der Waals surface area contributed by atoms with Gasteiger partial charge < -0.3 is 0 Å². The molecule has 3 N–H and O–H groups in total. The molecule has 21 heavy (non-hydrogen) atoms. The predicted octanol–water partition coefficient (Wildman–Crippen LogP) is 3.12. The molecule has 0 spiro atoms. The number of hydrogen-bond donors (Lipinski definition) is 2. The fourth-order valence-electron chi connectivity index (χ4n) is 2.58. The second kappa shape index (κ2) is 5.99. The first-order valence-corrected chi connectivity index (χ1v) is 6.83. The normalized spacial score (nSPS) is 12.5. The fourth-order valence-corrected chi connectivity index (χ4v) is 2.58. The van der Waals surface area contributed by atoms with Gasteiger partial charge >= 0.3 is 0 Å². The Morgan fingerprint density at radius 2 is 1.86 bits per heavy atom. The van der Waals surface area contributed by atoms with E-state index in [-0.39, 0.29) is 11.9 Å². The highest BCUT2D eigenvalue weighted by atomic mass is 19.1. The van der Waals surface area contributed by atoms with Crippen molar-refractivity contribution < 1.29 is 4.39 Å². The minimum absolute atomic E-state index is 0.341. The van der Waals surface area contributed by atoms with Crippen LogP contribution >= 0.6 is 0 Å². The summed E-state index contributed by atoms with van der Waals surface area (Å²) in [5.74, 6) is 5.26. The Morgan fingerprint density at radius 1 is 1.05 bits per heavy atom. The highest BCUT2D eigenvalue weighted by molar-refractivity contribution is 5.85. The van der Waals surface area contributed by atoms with Crippen LogP contribution < -0.4 is 11.3 Å². The van der Waals surface area contributed by atoms with Gasteiger partial charge in [-0.2, -0.15) is 0 Å². The summed E-state index contributed by atoms with van der Waals surface area (Å²) >= 11 is 0. The predicted molar refractivity (Wildman–Crippen MR) is 81.9 cm³/mol. The van der Waals surface area contributed by atoms with E-state index >= 15 is 0 Å². The Bertz CT molecular complexity index is 752. The SMILES string of the molecule is NNC(Cc1cccc2ccccc12)c1ncccc1F. The first-order chi connectivity index (χ1) is 10.3. The van der Waals surface area contributed by atoms with Gasteiger partial charge in [-0.05, 0) is 34.9 Å². The second-order valence-corrected chi connectivity index (χ2v) is 4.93. The lowest BCUT2D eigenvalue weighted by Crippen LogP contribution is -2.31. The number of hydrazine groups is 1. The van der Waals surface area contributed by atoms with Crippen molar-refractivity contribution in [3.05, 3.63) is 77.9 Å². The average molecular weight is 281 g/mol. The van der Waals surface area contributed by atoms with Crippen molar-refractivity contribution in [1.29, 1.82) is 0 Å². The molecule has 1 aromatic heterocycles. The summed E-state index contributed by atoms with van der Waals surface area (Å²) in [4.78, 5) is 4.11. The van der Waals surface area contributed by atoms with Crippen molar-refractivity contribution in [1.82, 2.24) is 10.4 Å². The monoisotopic (exact) mass is 281 g/mol. The number of rotatable bonds is 4. The highest BCUT2D eigenvalue weighted by Crippen LogP contribution is 2.24. The Hall–Kier alpha value is -2.30. The maximum atomic E-state index is 13.9. The summed E-state index contributed by atoms with van der Waals surface area (Å²) in [6, 6.07) is 16.8. The number of aromatic nitrogens is 1. The zero-order chi connectivity index (χ0) is 14.7. The average Bonchev–Trinajstić information content (AvgIpc) is 2.53. The summed E-state index contributed by atoms with van der Waals surface area (Å²) in [7, 11) is 0. The first kappa shape index (κ1) is 13.7. The maximum Gasteiger partial charge on any atom is 0.146 e. The minimum atomic E-state index is -0.364. The number of pyridine rings is 1. The van der Waals surface area contributed by atoms with E-state index in [2.05, 4.69) is 28.6 Å². The molecule has 106 valence electrons. The van der Waals surface area contributed by atoms with Gasteiger partial charge in [0, 0.05) is 6.20 Å². The number of hydrogen-bond acceptors (Lipinski definition) is 3. The maximum absolute atomic E-state index is 13.9.